The monoisotopic (exact) mass is 289 g/mol. The van der Waals surface area contributed by atoms with Gasteiger partial charge >= 0.3 is 5.97 Å². The summed E-state index contributed by atoms with van der Waals surface area (Å²) in [5.74, 6) is -1.46. The van der Waals surface area contributed by atoms with Crippen LogP contribution < -0.4 is 5.32 Å². The maximum Gasteiger partial charge on any atom is 0.337 e. The molecule has 2 aromatic rings. The summed E-state index contributed by atoms with van der Waals surface area (Å²) in [6.45, 7) is 1.77. The minimum Gasteiger partial charge on any atom is -0.478 e. The molecule has 0 aliphatic heterocycles. The molecule has 0 atom stereocenters. The highest BCUT2D eigenvalue weighted by Gasteiger charge is 2.14. The summed E-state index contributed by atoms with van der Waals surface area (Å²) >= 11 is 5.84. The number of para-hydroxylation sites is 1. The number of aryl methyl sites for hydroxylation is 1. The number of hydrogen-bond donors (Lipinski definition) is 2. The normalized spacial score (nSPS) is 10.1. The number of anilines is 1. The predicted octanol–water partition coefficient (Wildman–Crippen LogP) is 3.60. The lowest BCUT2D eigenvalue weighted by molar-refractivity contribution is 0.0698. The highest BCUT2D eigenvalue weighted by molar-refractivity contribution is 6.30. The van der Waals surface area contributed by atoms with Crippen molar-refractivity contribution in [2.45, 2.75) is 6.92 Å². The van der Waals surface area contributed by atoms with E-state index in [0.717, 1.165) is 5.56 Å². The zero-order chi connectivity index (χ0) is 14.7. The maximum atomic E-state index is 12.2. The molecule has 0 aliphatic rings. The van der Waals surface area contributed by atoms with Gasteiger partial charge in [-0.05, 0) is 42.8 Å². The van der Waals surface area contributed by atoms with Gasteiger partial charge in [0.25, 0.3) is 5.91 Å². The Morgan fingerprint density at radius 2 is 1.80 bits per heavy atom. The minimum absolute atomic E-state index is 0.0486. The molecule has 0 saturated carbocycles. The Kier molecular flexibility index (Phi) is 4.05. The van der Waals surface area contributed by atoms with Crippen LogP contribution in [0, 0.1) is 6.92 Å². The zero-order valence-corrected chi connectivity index (χ0v) is 11.4. The fraction of sp³-hybridized carbons (Fsp3) is 0.0667. The molecule has 0 bridgehead atoms. The Hall–Kier alpha value is -2.33. The SMILES string of the molecule is Cc1cc(Cl)ccc1C(=O)Nc1ccccc1C(=O)O. The summed E-state index contributed by atoms with van der Waals surface area (Å²) < 4.78 is 0. The molecule has 0 heterocycles. The number of rotatable bonds is 3. The van der Waals surface area contributed by atoms with E-state index in [-0.39, 0.29) is 17.2 Å². The molecule has 102 valence electrons. The molecule has 0 spiro atoms. The number of benzene rings is 2. The number of aromatic carboxylic acids is 1. The van der Waals surface area contributed by atoms with E-state index in [1.807, 2.05) is 0 Å². The van der Waals surface area contributed by atoms with Crippen molar-refractivity contribution in [1.29, 1.82) is 0 Å². The van der Waals surface area contributed by atoms with Crippen molar-refractivity contribution in [2.24, 2.45) is 0 Å². The van der Waals surface area contributed by atoms with Gasteiger partial charge in [0.05, 0.1) is 11.3 Å². The van der Waals surface area contributed by atoms with Gasteiger partial charge in [0, 0.05) is 10.6 Å². The molecule has 2 aromatic carbocycles. The van der Waals surface area contributed by atoms with E-state index in [0.29, 0.717) is 10.6 Å². The summed E-state index contributed by atoms with van der Waals surface area (Å²) in [4.78, 5) is 23.3. The van der Waals surface area contributed by atoms with Crippen molar-refractivity contribution in [3.05, 3.63) is 64.2 Å². The van der Waals surface area contributed by atoms with Crippen LogP contribution in [-0.4, -0.2) is 17.0 Å². The zero-order valence-electron chi connectivity index (χ0n) is 10.7. The van der Waals surface area contributed by atoms with Crippen LogP contribution in [0.1, 0.15) is 26.3 Å². The van der Waals surface area contributed by atoms with E-state index in [9.17, 15) is 9.59 Å². The van der Waals surface area contributed by atoms with Crippen LogP contribution in [0.2, 0.25) is 5.02 Å². The maximum absolute atomic E-state index is 12.2. The summed E-state index contributed by atoms with van der Waals surface area (Å²) in [7, 11) is 0. The second kappa shape index (κ2) is 5.75. The van der Waals surface area contributed by atoms with Crippen LogP contribution in [-0.2, 0) is 0 Å². The first-order valence-corrected chi connectivity index (χ1v) is 6.26. The van der Waals surface area contributed by atoms with E-state index in [1.54, 1.807) is 43.3 Å². The molecular weight excluding hydrogens is 278 g/mol. The average Bonchev–Trinajstić information content (AvgIpc) is 2.38. The summed E-state index contributed by atoms with van der Waals surface area (Å²) in [6, 6.07) is 11.2. The van der Waals surface area contributed by atoms with Gasteiger partial charge in [-0.3, -0.25) is 4.79 Å². The molecule has 0 fully saturated rings. The molecule has 2 rings (SSSR count). The lowest BCUT2D eigenvalue weighted by atomic mass is 10.1. The lowest BCUT2D eigenvalue weighted by Crippen LogP contribution is -2.15. The van der Waals surface area contributed by atoms with Crippen molar-refractivity contribution in [3.8, 4) is 0 Å². The summed E-state index contributed by atoms with van der Waals surface area (Å²) in [5, 5.41) is 12.2. The molecule has 0 aromatic heterocycles. The third kappa shape index (κ3) is 2.97. The topological polar surface area (TPSA) is 66.4 Å². The fourth-order valence-corrected chi connectivity index (χ4v) is 2.08. The van der Waals surface area contributed by atoms with Crippen molar-refractivity contribution in [3.63, 3.8) is 0 Å². The number of amides is 1. The number of hydrogen-bond acceptors (Lipinski definition) is 2. The van der Waals surface area contributed by atoms with Gasteiger partial charge in [-0.1, -0.05) is 23.7 Å². The van der Waals surface area contributed by atoms with E-state index in [1.165, 1.54) is 6.07 Å². The van der Waals surface area contributed by atoms with Crippen LogP contribution in [0.15, 0.2) is 42.5 Å². The number of nitrogens with one attached hydrogen (secondary N) is 1. The molecule has 0 aliphatic carbocycles. The highest BCUT2D eigenvalue weighted by Crippen LogP contribution is 2.19. The number of carboxylic acids is 1. The average molecular weight is 290 g/mol. The third-order valence-corrected chi connectivity index (χ3v) is 3.07. The van der Waals surface area contributed by atoms with Crippen LogP contribution in [0.25, 0.3) is 0 Å². The Balaban J connectivity index is 2.30. The van der Waals surface area contributed by atoms with Crippen LogP contribution >= 0.6 is 11.6 Å². The number of carbonyl (C=O) groups is 2. The quantitative estimate of drug-likeness (QED) is 0.907. The Bertz CT molecular complexity index is 683. The third-order valence-electron chi connectivity index (χ3n) is 2.84. The number of carboxylic acid groups (broad SMARTS) is 1. The van der Waals surface area contributed by atoms with Crippen molar-refractivity contribution in [2.75, 3.05) is 5.32 Å². The number of carbonyl (C=O) groups excluding carboxylic acids is 1. The first kappa shape index (κ1) is 14.1. The second-order valence-corrected chi connectivity index (χ2v) is 4.70. The van der Waals surface area contributed by atoms with Gasteiger partial charge in [-0.15, -0.1) is 0 Å². The van der Waals surface area contributed by atoms with E-state index >= 15 is 0 Å². The molecule has 1 amide bonds. The van der Waals surface area contributed by atoms with Gasteiger partial charge < -0.3 is 10.4 Å². The fourth-order valence-electron chi connectivity index (χ4n) is 1.85. The number of halogens is 1. The van der Waals surface area contributed by atoms with Crippen LogP contribution in [0.3, 0.4) is 0 Å². The first-order chi connectivity index (χ1) is 9.49. The standard InChI is InChI=1S/C15H12ClNO3/c1-9-8-10(16)6-7-11(9)14(18)17-13-5-3-2-4-12(13)15(19)20/h2-8H,1H3,(H,17,18)(H,19,20). The summed E-state index contributed by atoms with van der Waals surface area (Å²) in [6.07, 6.45) is 0. The molecule has 0 radical (unpaired) electrons. The van der Waals surface area contributed by atoms with Crippen molar-refractivity contribution < 1.29 is 14.7 Å². The molecule has 4 nitrogen and oxygen atoms in total. The molecule has 0 unspecified atom stereocenters. The van der Waals surface area contributed by atoms with Gasteiger partial charge in [0.2, 0.25) is 0 Å². The molecular formula is C15H12ClNO3. The Morgan fingerprint density at radius 1 is 1.10 bits per heavy atom. The molecule has 5 heteroatoms. The van der Waals surface area contributed by atoms with Gasteiger partial charge in [0.1, 0.15) is 0 Å². The van der Waals surface area contributed by atoms with Gasteiger partial charge in [-0.25, -0.2) is 4.79 Å². The summed E-state index contributed by atoms with van der Waals surface area (Å²) in [5.41, 5.74) is 1.49. The Labute approximate surface area is 121 Å². The van der Waals surface area contributed by atoms with Crippen LogP contribution in [0.5, 0.6) is 0 Å². The predicted molar refractivity (Wildman–Crippen MR) is 77.5 cm³/mol. The van der Waals surface area contributed by atoms with Crippen LogP contribution in [0.4, 0.5) is 5.69 Å². The molecule has 2 N–H and O–H groups in total. The first-order valence-electron chi connectivity index (χ1n) is 5.89. The van der Waals surface area contributed by atoms with Gasteiger partial charge in [0.15, 0.2) is 0 Å². The highest BCUT2D eigenvalue weighted by atomic mass is 35.5. The lowest BCUT2D eigenvalue weighted by Gasteiger charge is -2.10. The van der Waals surface area contributed by atoms with E-state index < -0.39 is 5.97 Å². The molecule has 0 saturated heterocycles. The van der Waals surface area contributed by atoms with E-state index in [4.69, 9.17) is 16.7 Å². The largest absolute Gasteiger partial charge is 0.478 e. The Morgan fingerprint density at radius 3 is 2.45 bits per heavy atom. The smallest absolute Gasteiger partial charge is 0.337 e. The second-order valence-electron chi connectivity index (χ2n) is 4.26. The van der Waals surface area contributed by atoms with Crippen molar-refractivity contribution in [1.82, 2.24) is 0 Å². The van der Waals surface area contributed by atoms with Crippen molar-refractivity contribution >= 4 is 29.2 Å². The van der Waals surface area contributed by atoms with Gasteiger partial charge in [-0.2, -0.15) is 0 Å². The molecule has 20 heavy (non-hydrogen) atoms. The minimum atomic E-state index is -1.09. The van der Waals surface area contributed by atoms with E-state index in [2.05, 4.69) is 5.32 Å².